The monoisotopic (exact) mass is 296 g/mol. The van der Waals surface area contributed by atoms with Gasteiger partial charge in [0.05, 0.1) is 13.2 Å². The summed E-state index contributed by atoms with van der Waals surface area (Å²) < 4.78 is 16.9. The largest absolute Gasteiger partial charge is 0.494 e. The molecule has 0 N–H and O–H groups in total. The lowest BCUT2D eigenvalue weighted by Crippen LogP contribution is -2.36. The Morgan fingerprint density at radius 3 is 2.25 bits per heavy atom. The summed E-state index contributed by atoms with van der Waals surface area (Å²) in [6.07, 6.45) is 3.06. The van der Waals surface area contributed by atoms with Crippen LogP contribution in [0.4, 0.5) is 0 Å². The molecule has 4 heteroatoms. The lowest BCUT2D eigenvalue weighted by atomic mass is 9.83. The Hall–Kier alpha value is -0.870. The van der Waals surface area contributed by atoms with E-state index in [0.717, 1.165) is 56.3 Å². The molecule has 0 bridgehead atoms. The predicted octanol–water partition coefficient (Wildman–Crippen LogP) is 3.58. The van der Waals surface area contributed by atoms with E-state index >= 15 is 0 Å². The molecule has 20 heavy (non-hydrogen) atoms. The molecule has 0 radical (unpaired) electrons. The zero-order chi connectivity index (χ0) is 14.3. The number of rotatable bonds is 7. The van der Waals surface area contributed by atoms with Crippen LogP contribution in [0.25, 0.3) is 0 Å². The fourth-order valence-electron chi connectivity index (χ4n) is 2.24. The van der Waals surface area contributed by atoms with Gasteiger partial charge in [-0.3, -0.25) is 0 Å². The second kappa shape index (κ2) is 7.79. The van der Waals surface area contributed by atoms with Crippen molar-refractivity contribution in [3.05, 3.63) is 24.3 Å². The van der Waals surface area contributed by atoms with Crippen molar-refractivity contribution in [2.45, 2.75) is 26.2 Å². The predicted molar refractivity (Wildman–Crippen MR) is 84.1 cm³/mol. The van der Waals surface area contributed by atoms with Gasteiger partial charge in [0.25, 0.3) is 0 Å². The first kappa shape index (κ1) is 15.5. The SMILES string of the molecule is CCCOc1ccc(OCC2(CS)CCOCC2)cc1. The molecule has 0 unspecified atom stereocenters. The molecule has 0 aliphatic carbocycles. The Bertz CT molecular complexity index is 385. The second-order valence-electron chi connectivity index (χ2n) is 5.38. The van der Waals surface area contributed by atoms with E-state index in [1.165, 1.54) is 0 Å². The Morgan fingerprint density at radius 1 is 1.10 bits per heavy atom. The van der Waals surface area contributed by atoms with Crippen LogP contribution >= 0.6 is 12.6 Å². The summed E-state index contributed by atoms with van der Waals surface area (Å²) in [6, 6.07) is 7.86. The molecule has 1 aromatic carbocycles. The highest BCUT2D eigenvalue weighted by Crippen LogP contribution is 2.32. The van der Waals surface area contributed by atoms with Crippen LogP contribution < -0.4 is 9.47 Å². The van der Waals surface area contributed by atoms with Gasteiger partial charge in [0.2, 0.25) is 0 Å². The Kier molecular flexibility index (Phi) is 6.05. The van der Waals surface area contributed by atoms with E-state index < -0.39 is 0 Å². The van der Waals surface area contributed by atoms with Crippen molar-refractivity contribution < 1.29 is 14.2 Å². The average Bonchev–Trinajstić information content (AvgIpc) is 2.53. The minimum Gasteiger partial charge on any atom is -0.494 e. The van der Waals surface area contributed by atoms with E-state index in [0.29, 0.717) is 6.61 Å². The van der Waals surface area contributed by atoms with Gasteiger partial charge in [-0.25, -0.2) is 0 Å². The van der Waals surface area contributed by atoms with Crippen LogP contribution in [0.3, 0.4) is 0 Å². The van der Waals surface area contributed by atoms with Crippen LogP contribution in [0.1, 0.15) is 26.2 Å². The fraction of sp³-hybridized carbons (Fsp3) is 0.625. The third-order valence-electron chi connectivity index (χ3n) is 3.73. The maximum Gasteiger partial charge on any atom is 0.119 e. The van der Waals surface area contributed by atoms with Crippen molar-refractivity contribution in [2.24, 2.45) is 5.41 Å². The van der Waals surface area contributed by atoms with E-state index in [1.54, 1.807) is 0 Å². The van der Waals surface area contributed by atoms with Gasteiger partial charge in [0.15, 0.2) is 0 Å². The summed E-state index contributed by atoms with van der Waals surface area (Å²) in [5.74, 6) is 2.63. The van der Waals surface area contributed by atoms with Gasteiger partial charge in [-0.05, 0) is 49.3 Å². The van der Waals surface area contributed by atoms with E-state index in [4.69, 9.17) is 14.2 Å². The summed E-state index contributed by atoms with van der Waals surface area (Å²) in [5, 5.41) is 0. The molecule has 1 saturated heterocycles. The Morgan fingerprint density at radius 2 is 1.70 bits per heavy atom. The van der Waals surface area contributed by atoms with Gasteiger partial charge >= 0.3 is 0 Å². The number of hydrogen-bond donors (Lipinski definition) is 1. The zero-order valence-electron chi connectivity index (χ0n) is 12.1. The van der Waals surface area contributed by atoms with Gasteiger partial charge in [-0.2, -0.15) is 12.6 Å². The molecule has 1 aliphatic heterocycles. The normalized spacial score (nSPS) is 17.7. The Balaban J connectivity index is 1.86. The smallest absolute Gasteiger partial charge is 0.119 e. The van der Waals surface area contributed by atoms with E-state index in [-0.39, 0.29) is 5.41 Å². The highest BCUT2D eigenvalue weighted by atomic mass is 32.1. The number of hydrogen-bond acceptors (Lipinski definition) is 4. The number of thiol groups is 1. The summed E-state index contributed by atoms with van der Waals surface area (Å²) in [7, 11) is 0. The van der Waals surface area contributed by atoms with Crippen LogP contribution in [-0.4, -0.2) is 32.2 Å². The van der Waals surface area contributed by atoms with Gasteiger partial charge in [0, 0.05) is 18.6 Å². The molecule has 1 aromatic rings. The summed E-state index contributed by atoms with van der Waals surface area (Å²) in [5.41, 5.74) is 0.152. The van der Waals surface area contributed by atoms with Crippen molar-refractivity contribution in [1.29, 1.82) is 0 Å². The molecule has 3 nitrogen and oxygen atoms in total. The highest BCUT2D eigenvalue weighted by molar-refractivity contribution is 7.80. The molecule has 0 spiro atoms. The minimum absolute atomic E-state index is 0.152. The van der Waals surface area contributed by atoms with Gasteiger partial charge < -0.3 is 14.2 Å². The molecule has 1 heterocycles. The standard InChI is InChI=1S/C16H24O3S/c1-2-9-18-14-3-5-15(6-4-14)19-12-16(13-20)7-10-17-11-8-16/h3-6,20H,2,7-13H2,1H3. The zero-order valence-corrected chi connectivity index (χ0v) is 13.0. The van der Waals surface area contributed by atoms with Crippen LogP contribution in [0.2, 0.25) is 0 Å². The van der Waals surface area contributed by atoms with Crippen molar-refractivity contribution in [3.63, 3.8) is 0 Å². The van der Waals surface area contributed by atoms with Gasteiger partial charge in [0.1, 0.15) is 11.5 Å². The summed E-state index contributed by atoms with van der Waals surface area (Å²) in [6.45, 7) is 5.18. The molecule has 0 aromatic heterocycles. The van der Waals surface area contributed by atoms with Gasteiger partial charge in [-0.15, -0.1) is 0 Å². The maximum atomic E-state index is 5.94. The molecular formula is C16H24O3S. The van der Waals surface area contributed by atoms with E-state index in [1.807, 2.05) is 24.3 Å². The quantitative estimate of drug-likeness (QED) is 0.779. The van der Waals surface area contributed by atoms with Gasteiger partial charge in [-0.1, -0.05) is 6.92 Å². The molecule has 1 fully saturated rings. The molecule has 0 atom stereocenters. The van der Waals surface area contributed by atoms with Crippen molar-refractivity contribution in [3.8, 4) is 11.5 Å². The maximum absolute atomic E-state index is 5.94. The van der Waals surface area contributed by atoms with Crippen LogP contribution in [0.5, 0.6) is 11.5 Å². The van der Waals surface area contributed by atoms with Crippen LogP contribution in [0, 0.1) is 5.41 Å². The van der Waals surface area contributed by atoms with Crippen LogP contribution in [0.15, 0.2) is 24.3 Å². The average molecular weight is 296 g/mol. The summed E-state index contributed by atoms with van der Waals surface area (Å²) >= 11 is 4.49. The van der Waals surface area contributed by atoms with Crippen molar-refractivity contribution >= 4 is 12.6 Å². The lowest BCUT2D eigenvalue weighted by Gasteiger charge is -2.35. The first-order chi connectivity index (χ1) is 9.78. The lowest BCUT2D eigenvalue weighted by molar-refractivity contribution is 0.00310. The highest BCUT2D eigenvalue weighted by Gasteiger charge is 2.32. The third-order valence-corrected chi connectivity index (χ3v) is 4.40. The van der Waals surface area contributed by atoms with E-state index in [9.17, 15) is 0 Å². The topological polar surface area (TPSA) is 27.7 Å². The van der Waals surface area contributed by atoms with Crippen molar-refractivity contribution in [2.75, 3.05) is 32.2 Å². The molecule has 0 amide bonds. The van der Waals surface area contributed by atoms with Crippen molar-refractivity contribution in [1.82, 2.24) is 0 Å². The fourth-order valence-corrected chi connectivity index (χ4v) is 2.65. The Labute approximate surface area is 127 Å². The number of ether oxygens (including phenoxy) is 3. The minimum atomic E-state index is 0.152. The molecule has 112 valence electrons. The van der Waals surface area contributed by atoms with E-state index in [2.05, 4.69) is 19.6 Å². The number of benzene rings is 1. The molecule has 2 rings (SSSR count). The summed E-state index contributed by atoms with van der Waals surface area (Å²) in [4.78, 5) is 0. The first-order valence-electron chi connectivity index (χ1n) is 7.32. The second-order valence-corrected chi connectivity index (χ2v) is 5.70. The first-order valence-corrected chi connectivity index (χ1v) is 7.95. The molecular weight excluding hydrogens is 272 g/mol. The molecule has 0 saturated carbocycles. The third kappa shape index (κ3) is 4.32. The molecule has 1 aliphatic rings. The van der Waals surface area contributed by atoms with Crippen LogP contribution in [-0.2, 0) is 4.74 Å².